The molecule has 0 aliphatic rings. The van der Waals surface area contributed by atoms with E-state index in [0.29, 0.717) is 11.4 Å². The second-order valence-corrected chi connectivity index (χ2v) is 7.01. The predicted octanol–water partition coefficient (Wildman–Crippen LogP) is 1.58. The number of sulfonamides is 1. The number of hydrogen-bond acceptors (Lipinski definition) is 4. The van der Waals surface area contributed by atoms with Crippen LogP contribution < -0.4 is 9.73 Å². The van der Waals surface area contributed by atoms with Crippen molar-refractivity contribution in [3.8, 4) is 0 Å². The average Bonchev–Trinajstić information content (AvgIpc) is 2.33. The van der Waals surface area contributed by atoms with Crippen LogP contribution in [0.2, 0.25) is 0 Å². The second-order valence-electron chi connectivity index (χ2n) is 5.10. The van der Waals surface area contributed by atoms with Crippen LogP contribution in [0, 0.1) is 13.8 Å². The van der Waals surface area contributed by atoms with Crippen LogP contribution in [0.3, 0.4) is 0 Å². The number of hydrogen-bond donors (Lipinski definition) is 1. The fraction of sp³-hybridized carbons (Fsp3) is 0.429. The molecule has 7 heteroatoms. The van der Waals surface area contributed by atoms with Gasteiger partial charge in [0.1, 0.15) is 6.54 Å². The summed E-state index contributed by atoms with van der Waals surface area (Å²) in [6.07, 6.45) is 1.08. The van der Waals surface area contributed by atoms with Crippen molar-refractivity contribution in [2.45, 2.75) is 27.7 Å². The minimum Gasteiger partial charge on any atom is -0.271 e. The van der Waals surface area contributed by atoms with E-state index in [-0.39, 0.29) is 6.54 Å². The molecule has 0 fully saturated rings. The minimum atomic E-state index is -3.57. The van der Waals surface area contributed by atoms with Gasteiger partial charge in [-0.3, -0.25) is 9.10 Å². The molecule has 116 valence electrons. The Morgan fingerprint density at radius 3 is 2.19 bits per heavy atom. The summed E-state index contributed by atoms with van der Waals surface area (Å²) in [5.41, 5.74) is 5.14. The lowest BCUT2D eigenvalue weighted by atomic mass is 10.1. The fourth-order valence-corrected chi connectivity index (χ4v) is 2.87. The van der Waals surface area contributed by atoms with Gasteiger partial charge in [0, 0.05) is 5.71 Å². The summed E-state index contributed by atoms with van der Waals surface area (Å²) >= 11 is 0. The largest absolute Gasteiger partial charge is 0.271 e. The van der Waals surface area contributed by atoms with Crippen molar-refractivity contribution in [1.29, 1.82) is 0 Å². The maximum absolute atomic E-state index is 12.0. The van der Waals surface area contributed by atoms with E-state index in [1.807, 2.05) is 32.0 Å². The van der Waals surface area contributed by atoms with Crippen LogP contribution in [0.5, 0.6) is 0 Å². The fourth-order valence-electron chi connectivity index (χ4n) is 1.90. The number of benzene rings is 1. The number of nitrogens with one attached hydrogen (secondary N) is 1. The van der Waals surface area contributed by atoms with Crippen LogP contribution in [0.1, 0.15) is 25.0 Å². The van der Waals surface area contributed by atoms with Crippen molar-refractivity contribution in [3.63, 3.8) is 0 Å². The molecular weight excluding hydrogens is 290 g/mol. The van der Waals surface area contributed by atoms with Crippen LogP contribution in [0.15, 0.2) is 23.3 Å². The van der Waals surface area contributed by atoms with E-state index in [1.54, 1.807) is 13.8 Å². The normalized spacial score (nSPS) is 10.9. The van der Waals surface area contributed by atoms with Crippen LogP contribution in [0.25, 0.3) is 0 Å². The molecule has 0 atom stereocenters. The topological polar surface area (TPSA) is 78.8 Å². The number of hydrazone groups is 1. The molecule has 1 aromatic carbocycles. The highest BCUT2D eigenvalue weighted by Crippen LogP contribution is 2.26. The van der Waals surface area contributed by atoms with Crippen molar-refractivity contribution in [2.75, 3.05) is 17.1 Å². The van der Waals surface area contributed by atoms with E-state index in [4.69, 9.17) is 0 Å². The SMILES string of the molecule is CC(C)=NNC(=O)CN(c1c(C)cccc1C)S(C)(=O)=O. The molecule has 0 unspecified atom stereocenters. The lowest BCUT2D eigenvalue weighted by molar-refractivity contribution is -0.119. The summed E-state index contributed by atoms with van der Waals surface area (Å²) in [4.78, 5) is 11.9. The number of carbonyl (C=O) groups excluding carboxylic acids is 1. The maximum atomic E-state index is 12.0. The number of amides is 1. The van der Waals surface area contributed by atoms with Gasteiger partial charge in [-0.1, -0.05) is 18.2 Å². The molecule has 0 aromatic heterocycles. The zero-order chi connectivity index (χ0) is 16.2. The average molecular weight is 311 g/mol. The highest BCUT2D eigenvalue weighted by molar-refractivity contribution is 7.92. The monoisotopic (exact) mass is 311 g/mol. The van der Waals surface area contributed by atoms with Crippen molar-refractivity contribution in [3.05, 3.63) is 29.3 Å². The molecule has 0 radical (unpaired) electrons. The van der Waals surface area contributed by atoms with Gasteiger partial charge in [-0.2, -0.15) is 5.10 Å². The molecule has 1 amide bonds. The molecule has 0 bridgehead atoms. The molecule has 0 heterocycles. The lowest BCUT2D eigenvalue weighted by Gasteiger charge is -2.25. The number of aryl methyl sites for hydroxylation is 2. The van der Waals surface area contributed by atoms with E-state index < -0.39 is 15.9 Å². The van der Waals surface area contributed by atoms with Crippen molar-refractivity contribution in [1.82, 2.24) is 5.43 Å². The van der Waals surface area contributed by atoms with Gasteiger partial charge >= 0.3 is 0 Å². The van der Waals surface area contributed by atoms with Gasteiger partial charge in [0.15, 0.2) is 0 Å². The maximum Gasteiger partial charge on any atom is 0.260 e. The van der Waals surface area contributed by atoms with Crippen molar-refractivity contribution < 1.29 is 13.2 Å². The van der Waals surface area contributed by atoms with Gasteiger partial charge in [-0.15, -0.1) is 0 Å². The lowest BCUT2D eigenvalue weighted by Crippen LogP contribution is -2.39. The van der Waals surface area contributed by atoms with Crippen LogP contribution in [-0.2, 0) is 14.8 Å². The highest BCUT2D eigenvalue weighted by Gasteiger charge is 2.23. The van der Waals surface area contributed by atoms with Crippen LogP contribution in [-0.4, -0.2) is 32.8 Å². The van der Waals surface area contributed by atoms with Gasteiger partial charge in [0.05, 0.1) is 11.9 Å². The Morgan fingerprint density at radius 2 is 1.76 bits per heavy atom. The first kappa shape index (κ1) is 17.2. The molecule has 21 heavy (non-hydrogen) atoms. The Hall–Kier alpha value is -1.89. The Labute approximate surface area is 125 Å². The molecule has 0 spiro atoms. The summed E-state index contributed by atoms with van der Waals surface area (Å²) in [5.74, 6) is -0.482. The Kier molecular flexibility index (Phi) is 5.48. The Bertz CT molecular complexity index is 642. The van der Waals surface area contributed by atoms with E-state index >= 15 is 0 Å². The number of nitrogens with zero attached hydrogens (tertiary/aromatic N) is 2. The molecule has 6 nitrogen and oxygen atoms in total. The summed E-state index contributed by atoms with van der Waals surface area (Å²) < 4.78 is 25.1. The first-order valence-corrected chi connectivity index (χ1v) is 8.31. The third kappa shape index (κ3) is 4.86. The van der Waals surface area contributed by atoms with Crippen LogP contribution in [0.4, 0.5) is 5.69 Å². The highest BCUT2D eigenvalue weighted by atomic mass is 32.2. The summed E-state index contributed by atoms with van der Waals surface area (Å²) in [6.45, 7) is 6.79. The summed E-state index contributed by atoms with van der Waals surface area (Å²) in [6, 6.07) is 5.47. The van der Waals surface area contributed by atoms with E-state index in [1.165, 1.54) is 0 Å². The molecular formula is C14H21N3O3S. The summed E-state index contributed by atoms with van der Waals surface area (Å²) in [5, 5.41) is 3.79. The van der Waals surface area contributed by atoms with Crippen molar-refractivity contribution in [2.24, 2.45) is 5.10 Å². The Balaban J connectivity index is 3.15. The summed E-state index contributed by atoms with van der Waals surface area (Å²) in [7, 11) is -3.57. The number of carbonyl (C=O) groups is 1. The zero-order valence-electron chi connectivity index (χ0n) is 13.0. The van der Waals surface area contributed by atoms with Gasteiger partial charge in [-0.25, -0.2) is 13.8 Å². The third-order valence-electron chi connectivity index (χ3n) is 2.78. The molecule has 0 aliphatic heterocycles. The second kappa shape index (κ2) is 6.71. The van der Waals surface area contributed by atoms with Gasteiger partial charge < -0.3 is 0 Å². The molecule has 1 rings (SSSR count). The number of rotatable bonds is 5. The predicted molar refractivity (Wildman–Crippen MR) is 85.0 cm³/mol. The van der Waals surface area contributed by atoms with Gasteiger partial charge in [0.2, 0.25) is 10.0 Å². The van der Waals surface area contributed by atoms with Crippen molar-refractivity contribution >= 4 is 27.3 Å². The van der Waals surface area contributed by atoms with E-state index in [2.05, 4.69) is 10.5 Å². The molecule has 1 N–H and O–H groups in total. The Morgan fingerprint density at radius 1 is 1.24 bits per heavy atom. The molecule has 0 aliphatic carbocycles. The first-order valence-electron chi connectivity index (χ1n) is 6.46. The smallest absolute Gasteiger partial charge is 0.260 e. The quantitative estimate of drug-likeness (QED) is 0.662. The molecule has 0 saturated heterocycles. The zero-order valence-corrected chi connectivity index (χ0v) is 13.8. The van der Waals surface area contributed by atoms with Crippen LogP contribution >= 0.6 is 0 Å². The number of anilines is 1. The first-order chi connectivity index (χ1) is 9.62. The molecule has 0 saturated carbocycles. The van der Waals surface area contributed by atoms with Gasteiger partial charge in [0.25, 0.3) is 5.91 Å². The van der Waals surface area contributed by atoms with E-state index in [9.17, 15) is 13.2 Å². The third-order valence-corrected chi connectivity index (χ3v) is 3.89. The van der Waals surface area contributed by atoms with E-state index in [0.717, 1.165) is 21.7 Å². The number of para-hydroxylation sites is 1. The molecule has 1 aromatic rings. The minimum absolute atomic E-state index is 0.304. The standard InChI is InChI=1S/C14H21N3O3S/c1-10(2)15-16-13(18)9-17(21(5,19)20)14-11(3)7-6-8-12(14)4/h6-8H,9H2,1-5H3,(H,16,18). The van der Waals surface area contributed by atoms with Gasteiger partial charge in [-0.05, 0) is 38.8 Å².